The Labute approximate surface area is 101 Å². The van der Waals surface area contributed by atoms with Crippen LogP contribution in [0, 0.1) is 0 Å². The minimum absolute atomic E-state index is 0.158. The van der Waals surface area contributed by atoms with E-state index in [0.29, 0.717) is 25.7 Å². The Kier molecular flexibility index (Phi) is 5.07. The van der Waals surface area contributed by atoms with Crippen LogP contribution in [0.2, 0.25) is 0 Å². The number of esters is 1. The van der Waals surface area contributed by atoms with Gasteiger partial charge in [0.1, 0.15) is 5.78 Å². The third kappa shape index (κ3) is 5.27. The van der Waals surface area contributed by atoms with Gasteiger partial charge in [-0.15, -0.1) is 0 Å². The molecule has 0 aromatic rings. The highest BCUT2D eigenvalue weighted by Crippen LogP contribution is 2.15. The van der Waals surface area contributed by atoms with Crippen molar-refractivity contribution in [3.63, 3.8) is 0 Å². The fraction of sp³-hybridized carbons (Fsp3) is 0.800. The number of hydrogen-bond donors (Lipinski definition) is 1. The monoisotopic (exact) mass is 263 g/mol. The van der Waals surface area contributed by atoms with Crippen molar-refractivity contribution < 1.29 is 22.7 Å². The Hall–Kier alpha value is -0.950. The summed E-state index contributed by atoms with van der Waals surface area (Å²) >= 11 is 0. The van der Waals surface area contributed by atoms with E-state index in [0.717, 1.165) is 0 Å². The van der Waals surface area contributed by atoms with Crippen LogP contribution < -0.4 is 4.72 Å². The summed E-state index contributed by atoms with van der Waals surface area (Å²) < 4.78 is 30.1. The van der Waals surface area contributed by atoms with Crippen molar-refractivity contribution in [2.45, 2.75) is 38.6 Å². The lowest BCUT2D eigenvalue weighted by Crippen LogP contribution is -2.40. The van der Waals surface area contributed by atoms with Crippen molar-refractivity contribution in [2.75, 3.05) is 12.4 Å². The number of hydrogen-bond acceptors (Lipinski definition) is 5. The van der Waals surface area contributed by atoms with Gasteiger partial charge >= 0.3 is 5.97 Å². The van der Waals surface area contributed by atoms with Crippen LogP contribution in [0.25, 0.3) is 0 Å². The molecule has 0 unspecified atom stereocenters. The van der Waals surface area contributed by atoms with E-state index < -0.39 is 21.7 Å². The van der Waals surface area contributed by atoms with E-state index >= 15 is 0 Å². The molecule has 0 aromatic heterocycles. The van der Waals surface area contributed by atoms with Gasteiger partial charge in [-0.3, -0.25) is 9.59 Å². The number of ketones is 1. The summed E-state index contributed by atoms with van der Waals surface area (Å²) in [5, 5.41) is 0. The zero-order chi connectivity index (χ0) is 12.9. The zero-order valence-electron chi connectivity index (χ0n) is 9.77. The average molecular weight is 263 g/mol. The van der Waals surface area contributed by atoms with Crippen molar-refractivity contribution >= 4 is 21.8 Å². The Bertz CT molecular complexity index is 380. The van der Waals surface area contributed by atoms with E-state index in [1.165, 1.54) is 0 Å². The van der Waals surface area contributed by atoms with Crippen molar-refractivity contribution in [2.24, 2.45) is 0 Å². The third-order valence-electron chi connectivity index (χ3n) is 2.50. The molecular formula is C10H17NO5S. The quantitative estimate of drug-likeness (QED) is 0.704. The molecule has 0 saturated heterocycles. The summed E-state index contributed by atoms with van der Waals surface area (Å²) in [5.74, 6) is -1.26. The molecule has 1 rings (SSSR count). The number of ether oxygens (including phenoxy) is 1. The maximum atomic E-state index is 11.6. The predicted octanol–water partition coefficient (Wildman–Crippen LogP) is -0.0194. The second-order valence-electron chi connectivity index (χ2n) is 3.99. The van der Waals surface area contributed by atoms with Gasteiger partial charge in [0.25, 0.3) is 0 Å². The Balaban J connectivity index is 2.43. The maximum Gasteiger partial charge on any atom is 0.322 e. The molecule has 1 aliphatic carbocycles. The Morgan fingerprint density at radius 2 is 2.00 bits per heavy atom. The van der Waals surface area contributed by atoms with Gasteiger partial charge in [0.15, 0.2) is 5.75 Å². The fourth-order valence-electron chi connectivity index (χ4n) is 1.71. The summed E-state index contributed by atoms with van der Waals surface area (Å²) in [6.07, 6.45) is 1.79. The normalized spacial score (nSPS) is 18.1. The summed E-state index contributed by atoms with van der Waals surface area (Å²) in [6.45, 7) is 1.77. The minimum Gasteiger partial charge on any atom is -0.465 e. The predicted molar refractivity (Wildman–Crippen MR) is 60.8 cm³/mol. The molecular weight excluding hydrogens is 246 g/mol. The van der Waals surface area contributed by atoms with Crippen molar-refractivity contribution in [1.29, 1.82) is 0 Å². The van der Waals surface area contributed by atoms with Crippen LogP contribution >= 0.6 is 0 Å². The number of carbonyl (C=O) groups is 2. The first-order valence-corrected chi connectivity index (χ1v) is 7.25. The van der Waals surface area contributed by atoms with Gasteiger partial charge in [-0.2, -0.15) is 0 Å². The van der Waals surface area contributed by atoms with E-state index in [1.807, 2.05) is 0 Å². The first-order chi connectivity index (χ1) is 7.93. The van der Waals surface area contributed by atoms with Crippen LogP contribution in [0.1, 0.15) is 32.6 Å². The van der Waals surface area contributed by atoms with Crippen LogP contribution in [0.15, 0.2) is 0 Å². The topological polar surface area (TPSA) is 89.5 Å². The Morgan fingerprint density at radius 1 is 1.41 bits per heavy atom. The molecule has 6 nitrogen and oxygen atoms in total. The molecule has 1 aliphatic rings. The number of Topliss-reactive ketones (excluding diaryl/α,β-unsaturated/α-hetero) is 1. The molecule has 0 heterocycles. The third-order valence-corrected chi connectivity index (χ3v) is 3.81. The highest BCUT2D eigenvalue weighted by atomic mass is 32.2. The summed E-state index contributed by atoms with van der Waals surface area (Å²) in [7, 11) is -3.66. The molecule has 0 amide bonds. The van der Waals surface area contributed by atoms with Crippen molar-refractivity contribution in [1.82, 2.24) is 4.72 Å². The molecule has 0 spiro atoms. The summed E-state index contributed by atoms with van der Waals surface area (Å²) in [6, 6.07) is -0.243. The number of rotatable bonds is 5. The molecule has 0 atom stereocenters. The van der Waals surface area contributed by atoms with E-state index in [4.69, 9.17) is 0 Å². The van der Waals surface area contributed by atoms with Crippen LogP contribution in [0.5, 0.6) is 0 Å². The van der Waals surface area contributed by atoms with Crippen molar-refractivity contribution in [3.8, 4) is 0 Å². The molecule has 0 aromatic carbocycles. The maximum absolute atomic E-state index is 11.6. The molecule has 0 radical (unpaired) electrons. The molecule has 7 heteroatoms. The fourth-order valence-corrected chi connectivity index (χ4v) is 2.93. The highest BCUT2D eigenvalue weighted by molar-refractivity contribution is 7.90. The number of carbonyl (C=O) groups excluding carboxylic acids is 2. The number of nitrogens with one attached hydrogen (secondary N) is 1. The first kappa shape index (κ1) is 14.1. The highest BCUT2D eigenvalue weighted by Gasteiger charge is 2.25. The lowest BCUT2D eigenvalue weighted by Gasteiger charge is -2.21. The van der Waals surface area contributed by atoms with E-state index in [2.05, 4.69) is 9.46 Å². The van der Waals surface area contributed by atoms with Crippen molar-refractivity contribution in [3.05, 3.63) is 0 Å². The van der Waals surface area contributed by atoms with Gasteiger partial charge in [0.2, 0.25) is 10.0 Å². The smallest absolute Gasteiger partial charge is 0.322 e. The Morgan fingerprint density at radius 3 is 2.53 bits per heavy atom. The number of sulfonamides is 1. The zero-order valence-corrected chi connectivity index (χ0v) is 10.6. The van der Waals surface area contributed by atoms with Gasteiger partial charge in [0.05, 0.1) is 6.61 Å². The molecule has 1 fully saturated rings. The molecule has 0 bridgehead atoms. The standard InChI is InChI=1S/C10H17NO5S/c1-2-16-10(13)7-17(14,15)11-8-3-5-9(12)6-4-8/h8,11H,2-7H2,1H3. The lowest BCUT2D eigenvalue weighted by molar-refractivity contribution is -0.140. The van der Waals surface area contributed by atoms with Crippen LogP contribution in [-0.2, 0) is 24.3 Å². The van der Waals surface area contributed by atoms with Gasteiger partial charge < -0.3 is 4.74 Å². The second-order valence-corrected chi connectivity index (χ2v) is 5.75. The van der Waals surface area contributed by atoms with Crippen LogP contribution in [0.4, 0.5) is 0 Å². The van der Waals surface area contributed by atoms with Gasteiger partial charge in [0, 0.05) is 18.9 Å². The molecule has 1 saturated carbocycles. The first-order valence-electron chi connectivity index (χ1n) is 5.60. The van der Waals surface area contributed by atoms with Gasteiger partial charge in [-0.05, 0) is 19.8 Å². The van der Waals surface area contributed by atoms with Crippen LogP contribution in [0.3, 0.4) is 0 Å². The average Bonchev–Trinajstić information content (AvgIpc) is 2.20. The van der Waals surface area contributed by atoms with Crippen LogP contribution in [-0.4, -0.2) is 38.6 Å². The largest absolute Gasteiger partial charge is 0.465 e. The molecule has 98 valence electrons. The van der Waals surface area contributed by atoms with E-state index in [1.54, 1.807) is 6.92 Å². The summed E-state index contributed by atoms with van der Waals surface area (Å²) in [5.41, 5.74) is 0. The molecule has 1 N–H and O–H groups in total. The van der Waals surface area contributed by atoms with Gasteiger partial charge in [-0.25, -0.2) is 13.1 Å². The second kappa shape index (κ2) is 6.11. The minimum atomic E-state index is -3.66. The molecule has 0 aliphatic heterocycles. The SMILES string of the molecule is CCOC(=O)CS(=O)(=O)NC1CCC(=O)CC1. The van der Waals surface area contributed by atoms with Gasteiger partial charge in [-0.1, -0.05) is 0 Å². The molecule has 17 heavy (non-hydrogen) atoms. The lowest BCUT2D eigenvalue weighted by atomic mass is 9.95. The van der Waals surface area contributed by atoms with E-state index in [-0.39, 0.29) is 18.4 Å². The summed E-state index contributed by atoms with van der Waals surface area (Å²) in [4.78, 5) is 22.0. The van der Waals surface area contributed by atoms with E-state index in [9.17, 15) is 18.0 Å².